The van der Waals surface area contributed by atoms with Crippen LogP contribution in [0.15, 0.2) is 81.0 Å². The number of aromatic nitrogens is 1. The van der Waals surface area contributed by atoms with E-state index in [0.29, 0.717) is 28.3 Å². The molecule has 1 unspecified atom stereocenters. The van der Waals surface area contributed by atoms with Gasteiger partial charge in [0.25, 0.3) is 5.56 Å². The molecule has 1 aromatic heterocycles. The second-order valence-electron chi connectivity index (χ2n) is 7.41. The SMILES string of the molecule is CC(C(=O)Cc1ccc(C2=NN=NC2)cc1)n1ccc(-c2cc(Cl)ccc2C#N)cc1=O. The van der Waals surface area contributed by atoms with Crippen molar-refractivity contribution >= 4 is 23.1 Å². The number of halogens is 1. The highest BCUT2D eigenvalue weighted by atomic mass is 35.5. The van der Waals surface area contributed by atoms with Crippen molar-refractivity contribution < 1.29 is 4.79 Å². The number of rotatable bonds is 6. The minimum Gasteiger partial charge on any atom is -0.305 e. The van der Waals surface area contributed by atoms with Gasteiger partial charge in [0.1, 0.15) is 6.54 Å². The number of pyridine rings is 1. The van der Waals surface area contributed by atoms with Crippen LogP contribution in [0.2, 0.25) is 5.02 Å². The van der Waals surface area contributed by atoms with Crippen molar-refractivity contribution in [3.63, 3.8) is 0 Å². The lowest BCUT2D eigenvalue weighted by Gasteiger charge is -2.15. The largest absolute Gasteiger partial charge is 0.305 e. The molecule has 4 rings (SSSR count). The highest BCUT2D eigenvalue weighted by molar-refractivity contribution is 6.30. The maximum absolute atomic E-state index is 12.8. The molecule has 0 saturated carbocycles. The van der Waals surface area contributed by atoms with E-state index in [4.69, 9.17) is 11.6 Å². The number of nitriles is 1. The van der Waals surface area contributed by atoms with Crippen LogP contribution in [0.1, 0.15) is 29.7 Å². The number of carbonyl (C=O) groups excluding carboxylic acids is 1. The molecule has 0 saturated heterocycles. The van der Waals surface area contributed by atoms with Gasteiger partial charge in [-0.15, -0.1) is 5.10 Å². The van der Waals surface area contributed by atoms with E-state index in [1.807, 2.05) is 24.3 Å². The summed E-state index contributed by atoms with van der Waals surface area (Å²) in [6.45, 7) is 2.16. The Bertz CT molecular complexity index is 1350. The van der Waals surface area contributed by atoms with E-state index >= 15 is 0 Å². The topological polar surface area (TPSA) is 99.9 Å². The molecule has 0 N–H and O–H groups in total. The first-order chi connectivity index (χ1) is 15.5. The standard InChI is InChI=1S/C24H18ClN5O2/c1-15(23(31)10-16-2-4-17(5-3-16)22-14-27-29-28-22)30-9-8-18(11-24(30)32)21-12-20(25)7-6-19(21)13-26/h2-9,11-12,15H,10,14H2,1H3. The first-order valence-electron chi connectivity index (χ1n) is 9.94. The Balaban J connectivity index is 1.51. The van der Waals surface area contributed by atoms with Gasteiger partial charge in [0, 0.05) is 29.3 Å². The molecule has 7 nitrogen and oxygen atoms in total. The lowest BCUT2D eigenvalue weighted by Crippen LogP contribution is -2.28. The molecule has 0 amide bonds. The van der Waals surface area contributed by atoms with Crippen molar-refractivity contribution in [2.24, 2.45) is 15.4 Å². The van der Waals surface area contributed by atoms with Gasteiger partial charge in [-0.1, -0.05) is 35.9 Å². The van der Waals surface area contributed by atoms with Gasteiger partial charge < -0.3 is 4.57 Å². The Morgan fingerprint density at radius 2 is 1.94 bits per heavy atom. The van der Waals surface area contributed by atoms with E-state index in [2.05, 4.69) is 21.5 Å². The van der Waals surface area contributed by atoms with Gasteiger partial charge in [-0.25, -0.2) is 0 Å². The smallest absolute Gasteiger partial charge is 0.251 e. The molecule has 2 heterocycles. The maximum Gasteiger partial charge on any atom is 0.251 e. The molecular formula is C24H18ClN5O2. The molecule has 158 valence electrons. The van der Waals surface area contributed by atoms with Gasteiger partial charge in [-0.05, 0) is 53.1 Å². The lowest BCUT2D eigenvalue weighted by atomic mass is 10.00. The molecule has 1 aliphatic heterocycles. The zero-order valence-corrected chi connectivity index (χ0v) is 18.0. The minimum absolute atomic E-state index is 0.0868. The van der Waals surface area contributed by atoms with E-state index in [-0.39, 0.29) is 17.8 Å². The van der Waals surface area contributed by atoms with Crippen LogP contribution in [0.25, 0.3) is 11.1 Å². The summed E-state index contributed by atoms with van der Waals surface area (Å²) in [5, 5.41) is 21.2. The third-order valence-electron chi connectivity index (χ3n) is 5.36. The van der Waals surface area contributed by atoms with Crippen LogP contribution in [0.4, 0.5) is 0 Å². The second kappa shape index (κ2) is 9.08. The molecule has 3 aromatic rings. The van der Waals surface area contributed by atoms with Crippen LogP contribution in [0.3, 0.4) is 0 Å². The van der Waals surface area contributed by atoms with Crippen LogP contribution in [-0.2, 0) is 11.2 Å². The molecule has 0 spiro atoms. The van der Waals surface area contributed by atoms with Crippen LogP contribution < -0.4 is 5.56 Å². The van der Waals surface area contributed by atoms with E-state index in [1.165, 1.54) is 10.6 Å². The average molecular weight is 444 g/mol. The molecule has 1 aliphatic rings. The number of hydrogen-bond donors (Lipinski definition) is 0. The Hall–Kier alpha value is -3.89. The van der Waals surface area contributed by atoms with Gasteiger partial charge in [-0.3, -0.25) is 9.59 Å². The summed E-state index contributed by atoms with van der Waals surface area (Å²) in [5.74, 6) is -0.0868. The minimum atomic E-state index is -0.636. The Kier molecular flexibility index (Phi) is 6.06. The Labute approximate surface area is 189 Å². The summed E-state index contributed by atoms with van der Waals surface area (Å²) in [5.41, 5.74) is 3.82. The molecule has 32 heavy (non-hydrogen) atoms. The third kappa shape index (κ3) is 4.41. The number of benzene rings is 2. The van der Waals surface area contributed by atoms with Crippen molar-refractivity contribution in [3.05, 3.63) is 92.9 Å². The van der Waals surface area contributed by atoms with Gasteiger partial charge in [-0.2, -0.15) is 10.4 Å². The molecule has 8 heteroatoms. The summed E-state index contributed by atoms with van der Waals surface area (Å²) in [6.07, 6.45) is 1.78. The van der Waals surface area contributed by atoms with Gasteiger partial charge >= 0.3 is 0 Å². The molecule has 1 atom stereocenters. The van der Waals surface area contributed by atoms with Crippen LogP contribution >= 0.6 is 11.6 Å². The summed E-state index contributed by atoms with van der Waals surface area (Å²) in [4.78, 5) is 25.6. The molecular weight excluding hydrogens is 426 g/mol. The van der Waals surface area contributed by atoms with E-state index in [1.54, 1.807) is 37.4 Å². The summed E-state index contributed by atoms with van der Waals surface area (Å²) < 4.78 is 1.40. The quantitative estimate of drug-likeness (QED) is 0.557. The fourth-order valence-corrected chi connectivity index (χ4v) is 3.69. The molecule has 0 bridgehead atoms. The molecule has 0 radical (unpaired) electrons. The Morgan fingerprint density at radius 1 is 1.16 bits per heavy atom. The summed E-state index contributed by atoms with van der Waals surface area (Å²) >= 11 is 6.06. The van der Waals surface area contributed by atoms with Crippen molar-refractivity contribution in [1.82, 2.24) is 4.57 Å². The number of carbonyl (C=O) groups is 1. The first-order valence-corrected chi connectivity index (χ1v) is 10.3. The third-order valence-corrected chi connectivity index (χ3v) is 5.59. The lowest BCUT2D eigenvalue weighted by molar-refractivity contribution is -0.121. The van der Waals surface area contributed by atoms with Gasteiger partial charge in [0.15, 0.2) is 5.78 Å². The van der Waals surface area contributed by atoms with E-state index in [9.17, 15) is 14.9 Å². The van der Waals surface area contributed by atoms with E-state index < -0.39 is 6.04 Å². The highest BCUT2D eigenvalue weighted by Gasteiger charge is 2.18. The van der Waals surface area contributed by atoms with Crippen molar-refractivity contribution in [1.29, 1.82) is 5.26 Å². The van der Waals surface area contributed by atoms with Crippen LogP contribution in [-0.4, -0.2) is 22.6 Å². The average Bonchev–Trinajstić information content (AvgIpc) is 3.34. The predicted octanol–water partition coefficient (Wildman–Crippen LogP) is 4.58. The first kappa shape index (κ1) is 21.3. The second-order valence-corrected chi connectivity index (χ2v) is 7.85. The maximum atomic E-state index is 12.8. The van der Waals surface area contributed by atoms with Crippen molar-refractivity contribution in [2.45, 2.75) is 19.4 Å². The van der Waals surface area contributed by atoms with Crippen LogP contribution in [0.5, 0.6) is 0 Å². The number of ketones is 1. The van der Waals surface area contributed by atoms with E-state index in [0.717, 1.165) is 16.8 Å². The summed E-state index contributed by atoms with van der Waals surface area (Å²) in [7, 11) is 0. The normalized spacial score (nSPS) is 13.5. The predicted molar refractivity (Wildman–Crippen MR) is 122 cm³/mol. The molecule has 2 aromatic carbocycles. The highest BCUT2D eigenvalue weighted by Crippen LogP contribution is 2.26. The fraction of sp³-hybridized carbons (Fsp3) is 0.167. The van der Waals surface area contributed by atoms with Crippen molar-refractivity contribution in [2.75, 3.05) is 6.54 Å². The summed E-state index contributed by atoms with van der Waals surface area (Å²) in [6, 6.07) is 17.0. The Morgan fingerprint density at radius 3 is 2.59 bits per heavy atom. The fourth-order valence-electron chi connectivity index (χ4n) is 3.51. The zero-order valence-electron chi connectivity index (χ0n) is 17.2. The number of Topliss-reactive ketones (excluding diaryl/α,β-unsaturated/α-hetero) is 1. The van der Waals surface area contributed by atoms with Crippen LogP contribution in [0, 0.1) is 11.3 Å². The molecule has 0 fully saturated rings. The van der Waals surface area contributed by atoms with Gasteiger partial charge in [0.2, 0.25) is 0 Å². The van der Waals surface area contributed by atoms with Crippen molar-refractivity contribution in [3.8, 4) is 17.2 Å². The van der Waals surface area contributed by atoms with Gasteiger partial charge in [0.05, 0.1) is 23.4 Å². The monoisotopic (exact) mass is 443 g/mol. The zero-order chi connectivity index (χ0) is 22.7. The molecule has 0 aliphatic carbocycles. The number of hydrogen-bond acceptors (Lipinski definition) is 6. The number of nitrogens with zero attached hydrogens (tertiary/aromatic N) is 5.